The van der Waals surface area contributed by atoms with Crippen molar-refractivity contribution in [3.05, 3.63) is 35.6 Å². The summed E-state index contributed by atoms with van der Waals surface area (Å²) in [6.45, 7) is 0. The Labute approximate surface area is 116 Å². The van der Waals surface area contributed by atoms with Crippen LogP contribution in [0.2, 0.25) is 0 Å². The third kappa shape index (κ3) is 3.30. The van der Waals surface area contributed by atoms with Gasteiger partial charge in [0.2, 0.25) is 0 Å². The number of ketones is 1. The lowest BCUT2D eigenvalue weighted by Crippen LogP contribution is -2.04. The number of Topliss-reactive ketones (excluding diaryl/α,β-unsaturated/α-hetero) is 1. The minimum absolute atomic E-state index is 0.125. The lowest BCUT2D eigenvalue weighted by atomic mass is 10.1. The van der Waals surface area contributed by atoms with E-state index >= 15 is 0 Å². The molecule has 0 spiro atoms. The number of halogens is 1. The Hall–Kier alpha value is -0.920. The highest BCUT2D eigenvalue weighted by Crippen LogP contribution is 2.27. The monoisotopic (exact) mass is 300 g/mol. The van der Waals surface area contributed by atoms with Crippen LogP contribution in [0.3, 0.4) is 0 Å². The highest BCUT2D eigenvalue weighted by atomic mass is 32.2. The summed E-state index contributed by atoms with van der Waals surface area (Å²) < 4.78 is 14.9. The summed E-state index contributed by atoms with van der Waals surface area (Å²) in [6.07, 6.45) is 1.92. The average Bonchev–Trinajstić information content (AvgIpc) is 2.84. The molecule has 0 bridgehead atoms. The number of hydrogen-bond donors (Lipinski definition) is 0. The number of benzene rings is 1. The average molecular weight is 300 g/mol. The number of nitrogens with zero attached hydrogens (tertiary/aromatic N) is 2. The first-order valence-electron chi connectivity index (χ1n) is 4.98. The van der Waals surface area contributed by atoms with Crippen LogP contribution in [0.5, 0.6) is 0 Å². The van der Waals surface area contributed by atoms with Crippen molar-refractivity contribution in [2.75, 3.05) is 12.0 Å². The summed E-state index contributed by atoms with van der Waals surface area (Å²) in [5, 5.41) is 7.87. The van der Waals surface area contributed by atoms with Crippen LogP contribution in [0, 0.1) is 5.82 Å². The van der Waals surface area contributed by atoms with Gasteiger partial charge in [0.15, 0.2) is 14.5 Å². The van der Waals surface area contributed by atoms with E-state index < -0.39 is 5.82 Å². The Bertz CT molecular complexity index is 559. The topological polar surface area (TPSA) is 42.9 Å². The maximum absolute atomic E-state index is 13.4. The van der Waals surface area contributed by atoms with Gasteiger partial charge in [-0.25, -0.2) is 4.39 Å². The summed E-state index contributed by atoms with van der Waals surface area (Å²) in [5.74, 6) is -0.548. The third-order valence-corrected chi connectivity index (χ3v) is 5.10. The van der Waals surface area contributed by atoms with Gasteiger partial charge in [0.05, 0.1) is 11.3 Å². The maximum atomic E-state index is 13.4. The number of carbonyl (C=O) groups is 1. The first-order valence-corrected chi connectivity index (χ1v) is 8.01. The molecule has 0 fully saturated rings. The molecule has 1 heterocycles. The van der Waals surface area contributed by atoms with Crippen LogP contribution in [-0.2, 0) is 0 Å². The fourth-order valence-corrected chi connectivity index (χ4v) is 3.55. The van der Waals surface area contributed by atoms with E-state index in [4.69, 9.17) is 0 Å². The Morgan fingerprint density at radius 3 is 2.72 bits per heavy atom. The van der Waals surface area contributed by atoms with Crippen molar-refractivity contribution in [1.82, 2.24) is 10.2 Å². The van der Waals surface area contributed by atoms with Crippen LogP contribution >= 0.6 is 34.9 Å². The summed E-state index contributed by atoms with van der Waals surface area (Å²) in [6, 6.07) is 5.99. The fourth-order valence-electron chi connectivity index (χ4n) is 1.23. The van der Waals surface area contributed by atoms with E-state index in [1.54, 1.807) is 12.1 Å². The van der Waals surface area contributed by atoms with Gasteiger partial charge in [0, 0.05) is 0 Å². The van der Waals surface area contributed by atoms with E-state index in [9.17, 15) is 9.18 Å². The predicted octanol–water partition coefficient (Wildman–Crippen LogP) is 3.37. The van der Waals surface area contributed by atoms with E-state index in [-0.39, 0.29) is 17.1 Å². The highest BCUT2D eigenvalue weighted by Gasteiger charge is 2.12. The molecule has 2 rings (SSSR count). The Balaban J connectivity index is 1.98. The zero-order chi connectivity index (χ0) is 13.0. The van der Waals surface area contributed by atoms with E-state index in [2.05, 4.69) is 10.2 Å². The van der Waals surface area contributed by atoms with Crippen molar-refractivity contribution in [2.45, 2.75) is 8.68 Å². The molecule has 94 valence electrons. The van der Waals surface area contributed by atoms with Crippen molar-refractivity contribution >= 4 is 40.6 Å². The maximum Gasteiger partial charge on any atom is 0.176 e. The molecular formula is C11H9FN2OS3. The molecule has 3 nitrogen and oxygen atoms in total. The molecule has 0 atom stereocenters. The molecule has 0 aliphatic heterocycles. The van der Waals surface area contributed by atoms with E-state index in [1.165, 1.54) is 47.0 Å². The van der Waals surface area contributed by atoms with Crippen molar-refractivity contribution in [3.8, 4) is 0 Å². The molecule has 0 saturated carbocycles. The van der Waals surface area contributed by atoms with Gasteiger partial charge in [-0.1, -0.05) is 47.0 Å². The lowest BCUT2D eigenvalue weighted by molar-refractivity contribution is 0.101. The molecule has 0 radical (unpaired) electrons. The first-order chi connectivity index (χ1) is 8.70. The number of aromatic nitrogens is 2. The van der Waals surface area contributed by atoms with Gasteiger partial charge in [-0.15, -0.1) is 10.2 Å². The molecule has 0 saturated heterocycles. The van der Waals surface area contributed by atoms with Gasteiger partial charge in [-0.2, -0.15) is 0 Å². The zero-order valence-corrected chi connectivity index (χ0v) is 11.9. The highest BCUT2D eigenvalue weighted by molar-refractivity contribution is 8.03. The largest absolute Gasteiger partial charge is 0.293 e. The first kappa shape index (κ1) is 13.5. The molecule has 0 aliphatic rings. The second kappa shape index (κ2) is 6.31. The molecule has 7 heteroatoms. The van der Waals surface area contributed by atoms with Crippen LogP contribution in [0.25, 0.3) is 0 Å². The van der Waals surface area contributed by atoms with Gasteiger partial charge < -0.3 is 0 Å². The minimum Gasteiger partial charge on any atom is -0.293 e. The van der Waals surface area contributed by atoms with E-state index in [0.717, 1.165) is 8.68 Å². The quantitative estimate of drug-likeness (QED) is 0.625. The number of carbonyl (C=O) groups excluding carboxylic acids is 1. The van der Waals surface area contributed by atoms with E-state index in [0.29, 0.717) is 0 Å². The van der Waals surface area contributed by atoms with Crippen LogP contribution in [0.15, 0.2) is 32.9 Å². The molecule has 1 aromatic carbocycles. The van der Waals surface area contributed by atoms with Crippen molar-refractivity contribution < 1.29 is 9.18 Å². The van der Waals surface area contributed by atoms with Crippen molar-refractivity contribution in [1.29, 1.82) is 0 Å². The molecular weight excluding hydrogens is 291 g/mol. The number of hydrogen-bond acceptors (Lipinski definition) is 6. The van der Waals surface area contributed by atoms with E-state index in [1.807, 2.05) is 6.26 Å². The molecule has 0 amide bonds. The number of thioether (sulfide) groups is 2. The SMILES string of the molecule is CSc1nnc(SCC(=O)c2ccccc2F)s1. The summed E-state index contributed by atoms with van der Waals surface area (Å²) in [7, 11) is 0. The van der Waals surface area contributed by atoms with Gasteiger partial charge in [0.1, 0.15) is 5.82 Å². The Kier molecular flexibility index (Phi) is 4.73. The summed E-state index contributed by atoms with van der Waals surface area (Å²) >= 11 is 4.22. The predicted molar refractivity (Wildman–Crippen MR) is 73.1 cm³/mol. The van der Waals surface area contributed by atoms with Crippen molar-refractivity contribution in [3.63, 3.8) is 0 Å². The molecule has 1 aromatic heterocycles. The standard InChI is InChI=1S/C11H9FN2OS3/c1-16-10-13-14-11(18-10)17-6-9(15)7-4-2-3-5-8(7)12/h2-5H,6H2,1H3. The molecule has 0 aliphatic carbocycles. The summed E-state index contributed by atoms with van der Waals surface area (Å²) in [4.78, 5) is 11.8. The summed E-state index contributed by atoms with van der Waals surface area (Å²) in [5.41, 5.74) is 0.125. The second-order valence-corrected chi connectivity index (χ2v) is 6.48. The molecule has 2 aromatic rings. The Morgan fingerprint density at radius 1 is 1.33 bits per heavy atom. The van der Waals surface area contributed by atoms with Gasteiger partial charge in [-0.05, 0) is 18.4 Å². The van der Waals surface area contributed by atoms with Crippen LogP contribution in [0.4, 0.5) is 4.39 Å². The van der Waals surface area contributed by atoms with Gasteiger partial charge in [0.25, 0.3) is 0 Å². The molecule has 0 N–H and O–H groups in total. The van der Waals surface area contributed by atoms with Crippen LogP contribution < -0.4 is 0 Å². The third-order valence-electron chi connectivity index (χ3n) is 2.06. The van der Waals surface area contributed by atoms with Gasteiger partial charge >= 0.3 is 0 Å². The van der Waals surface area contributed by atoms with Gasteiger partial charge in [-0.3, -0.25) is 4.79 Å². The van der Waals surface area contributed by atoms with Crippen LogP contribution in [0.1, 0.15) is 10.4 Å². The lowest BCUT2D eigenvalue weighted by Gasteiger charge is -2.00. The molecule has 18 heavy (non-hydrogen) atoms. The fraction of sp³-hybridized carbons (Fsp3) is 0.182. The van der Waals surface area contributed by atoms with Crippen molar-refractivity contribution in [2.24, 2.45) is 0 Å². The zero-order valence-electron chi connectivity index (χ0n) is 9.42. The molecule has 0 unspecified atom stereocenters. The normalized spacial score (nSPS) is 10.6. The Morgan fingerprint density at radius 2 is 2.06 bits per heavy atom. The second-order valence-electron chi connectivity index (χ2n) is 3.23. The minimum atomic E-state index is -0.481. The smallest absolute Gasteiger partial charge is 0.176 e. The van der Waals surface area contributed by atoms with Crippen LogP contribution in [-0.4, -0.2) is 28.0 Å². The number of rotatable bonds is 5.